The lowest BCUT2D eigenvalue weighted by Gasteiger charge is -2.34. The van der Waals surface area contributed by atoms with Crippen LogP contribution in [0.3, 0.4) is 0 Å². The zero-order chi connectivity index (χ0) is 20.6. The van der Waals surface area contributed by atoms with Crippen molar-refractivity contribution in [2.75, 3.05) is 18.5 Å². The van der Waals surface area contributed by atoms with Gasteiger partial charge in [-0.15, -0.1) is 0 Å². The number of nitrogens with zero attached hydrogens (tertiary/aromatic N) is 2. The fourth-order valence-corrected chi connectivity index (χ4v) is 4.46. The predicted molar refractivity (Wildman–Crippen MR) is 96.4 cm³/mol. The third-order valence-corrected chi connectivity index (χ3v) is 6.15. The molecule has 2 amide bonds. The predicted octanol–water partition coefficient (Wildman–Crippen LogP) is 2.36. The summed E-state index contributed by atoms with van der Waals surface area (Å²) in [6.07, 6.45) is -0.307. The van der Waals surface area contributed by atoms with Gasteiger partial charge in [0.15, 0.2) is 5.78 Å². The second-order valence-electron chi connectivity index (χ2n) is 6.09. The number of halogens is 1. The van der Waals surface area contributed by atoms with Crippen LogP contribution in [-0.2, 0) is 10.0 Å². The molecule has 146 valence electrons. The van der Waals surface area contributed by atoms with Crippen molar-refractivity contribution in [2.45, 2.75) is 11.3 Å². The fraction of sp³-hybridized carbons (Fsp3) is 0.167. The van der Waals surface area contributed by atoms with Crippen LogP contribution in [0.4, 0.5) is 14.9 Å². The molecule has 10 heteroatoms. The van der Waals surface area contributed by atoms with E-state index in [0.717, 1.165) is 23.1 Å². The Hall–Kier alpha value is -3.27. The van der Waals surface area contributed by atoms with E-state index in [0.29, 0.717) is 4.31 Å². The average molecular weight is 406 g/mol. The van der Waals surface area contributed by atoms with E-state index < -0.39 is 40.2 Å². The first-order chi connectivity index (χ1) is 13.1. The number of aromatic carboxylic acids is 1. The Morgan fingerprint density at radius 1 is 1.07 bits per heavy atom. The number of carboxylic acids is 1. The monoisotopic (exact) mass is 406 g/mol. The van der Waals surface area contributed by atoms with Gasteiger partial charge in [0.2, 0.25) is 0 Å². The summed E-state index contributed by atoms with van der Waals surface area (Å²) in [6.45, 7) is -0.432. The summed E-state index contributed by atoms with van der Waals surface area (Å²) >= 11 is 0. The molecule has 8 nitrogen and oxygen atoms in total. The maximum atomic E-state index is 13.0. The summed E-state index contributed by atoms with van der Waals surface area (Å²) in [5.41, 5.74) is -0.00583. The zero-order valence-electron chi connectivity index (χ0n) is 14.6. The highest BCUT2D eigenvalue weighted by atomic mass is 32.2. The molecule has 0 saturated heterocycles. The molecule has 0 aromatic heterocycles. The number of urea groups is 1. The summed E-state index contributed by atoms with van der Waals surface area (Å²) in [6, 6.07) is 7.31. The lowest BCUT2D eigenvalue weighted by molar-refractivity contribution is 0.0696. The van der Waals surface area contributed by atoms with Crippen LogP contribution in [0.15, 0.2) is 47.4 Å². The van der Waals surface area contributed by atoms with Crippen LogP contribution in [-0.4, -0.2) is 49.2 Å². The molecule has 1 N–H and O–H groups in total. The number of benzene rings is 2. The van der Waals surface area contributed by atoms with Crippen LogP contribution in [0.25, 0.3) is 0 Å². The van der Waals surface area contributed by atoms with Crippen molar-refractivity contribution in [3.05, 3.63) is 59.4 Å². The molecule has 0 atom stereocenters. The molecule has 0 radical (unpaired) electrons. The van der Waals surface area contributed by atoms with Gasteiger partial charge in [0.1, 0.15) is 10.7 Å². The molecule has 3 rings (SSSR count). The topological polar surface area (TPSA) is 112 Å². The van der Waals surface area contributed by atoms with Gasteiger partial charge in [-0.05, 0) is 42.5 Å². The first-order valence-electron chi connectivity index (χ1n) is 8.09. The second-order valence-corrected chi connectivity index (χ2v) is 7.92. The highest BCUT2D eigenvalue weighted by Gasteiger charge is 2.40. The minimum absolute atomic E-state index is 0.0520. The Balaban J connectivity index is 1.90. The van der Waals surface area contributed by atoms with Crippen molar-refractivity contribution >= 4 is 33.5 Å². The van der Waals surface area contributed by atoms with Gasteiger partial charge in [-0.25, -0.2) is 26.7 Å². The third-order valence-electron chi connectivity index (χ3n) is 4.34. The van der Waals surface area contributed by atoms with Gasteiger partial charge in [-0.2, -0.15) is 0 Å². The van der Waals surface area contributed by atoms with Gasteiger partial charge in [-0.1, -0.05) is 0 Å². The van der Waals surface area contributed by atoms with E-state index >= 15 is 0 Å². The largest absolute Gasteiger partial charge is 0.478 e. The van der Waals surface area contributed by atoms with Gasteiger partial charge < -0.3 is 5.11 Å². The maximum Gasteiger partial charge on any atom is 0.338 e. The maximum absolute atomic E-state index is 13.0. The third kappa shape index (κ3) is 3.33. The van der Waals surface area contributed by atoms with Crippen molar-refractivity contribution in [2.24, 2.45) is 0 Å². The summed E-state index contributed by atoms with van der Waals surface area (Å²) < 4.78 is 39.2. The zero-order valence-corrected chi connectivity index (χ0v) is 15.4. The average Bonchev–Trinajstić information content (AvgIpc) is 2.66. The van der Waals surface area contributed by atoms with E-state index in [2.05, 4.69) is 0 Å². The Morgan fingerprint density at radius 3 is 2.29 bits per heavy atom. The molecular formula is C18H15FN2O6S. The lowest BCUT2D eigenvalue weighted by Crippen LogP contribution is -2.49. The fourth-order valence-electron chi connectivity index (χ4n) is 2.82. The van der Waals surface area contributed by atoms with Gasteiger partial charge in [0.25, 0.3) is 10.0 Å². The summed E-state index contributed by atoms with van der Waals surface area (Å²) in [5.74, 6) is -2.29. The van der Waals surface area contributed by atoms with Crippen LogP contribution in [0.2, 0.25) is 0 Å². The molecule has 0 fully saturated rings. The number of ketones is 1. The molecule has 0 unspecified atom stereocenters. The summed E-state index contributed by atoms with van der Waals surface area (Å²) in [5, 5.41) is 9.10. The van der Waals surface area contributed by atoms with Crippen molar-refractivity contribution in [1.29, 1.82) is 0 Å². The first kappa shape index (κ1) is 19.5. The lowest BCUT2D eigenvalue weighted by atomic mass is 10.1. The molecule has 2 aromatic carbocycles. The van der Waals surface area contributed by atoms with E-state index in [9.17, 15) is 27.2 Å². The van der Waals surface area contributed by atoms with Crippen LogP contribution in [0.1, 0.15) is 27.1 Å². The van der Waals surface area contributed by atoms with Crippen LogP contribution in [0, 0.1) is 5.82 Å². The Labute approximate surface area is 159 Å². The van der Waals surface area contributed by atoms with Gasteiger partial charge >= 0.3 is 12.0 Å². The number of carbonyl (C=O) groups excluding carboxylic acids is 2. The number of hydrogen-bond donors (Lipinski definition) is 1. The minimum Gasteiger partial charge on any atom is -0.478 e. The van der Waals surface area contributed by atoms with Gasteiger partial charge in [0, 0.05) is 25.6 Å². The highest BCUT2D eigenvalue weighted by Crippen LogP contribution is 2.34. The molecule has 0 spiro atoms. The Kier molecular flexibility index (Phi) is 4.90. The number of anilines is 1. The number of rotatable bonds is 5. The second kappa shape index (κ2) is 7.04. The molecule has 28 heavy (non-hydrogen) atoms. The van der Waals surface area contributed by atoms with Gasteiger partial charge in [0.05, 0.1) is 11.3 Å². The molecule has 1 heterocycles. The van der Waals surface area contributed by atoms with Crippen LogP contribution >= 0.6 is 0 Å². The number of carboxylic acid groups (broad SMARTS) is 1. The summed E-state index contributed by atoms with van der Waals surface area (Å²) in [4.78, 5) is 36.7. The molecule has 1 aliphatic heterocycles. The van der Waals surface area contributed by atoms with Crippen molar-refractivity contribution < 1.29 is 32.3 Å². The molecule has 0 bridgehead atoms. The highest BCUT2D eigenvalue weighted by molar-refractivity contribution is 7.90. The van der Waals surface area contributed by atoms with Crippen LogP contribution < -0.4 is 4.90 Å². The number of carbonyl (C=O) groups is 3. The number of Topliss-reactive ketones (excluding diaryl/α,β-unsaturated/α-hetero) is 1. The van der Waals surface area contributed by atoms with E-state index in [1.165, 1.54) is 31.3 Å². The SMILES string of the molecule is CN1C(=O)N(CCC(=O)c2ccc(F)cc2)S(=O)(=O)c2cc(C(=O)O)ccc21. The number of amides is 2. The van der Waals surface area contributed by atoms with E-state index in [1.807, 2.05) is 0 Å². The minimum atomic E-state index is -4.34. The molecule has 0 aliphatic carbocycles. The number of sulfonamides is 1. The number of fused-ring (bicyclic) bond motifs is 1. The van der Waals surface area contributed by atoms with E-state index in [4.69, 9.17) is 5.11 Å². The quantitative estimate of drug-likeness (QED) is 0.763. The van der Waals surface area contributed by atoms with Crippen LogP contribution in [0.5, 0.6) is 0 Å². The van der Waals surface area contributed by atoms with Crippen molar-refractivity contribution in [3.8, 4) is 0 Å². The number of hydrogen-bond acceptors (Lipinski definition) is 5. The molecule has 1 aliphatic rings. The van der Waals surface area contributed by atoms with Crippen molar-refractivity contribution in [1.82, 2.24) is 4.31 Å². The standard InChI is InChI=1S/C18H15FN2O6S/c1-20-14-7-4-12(17(23)24)10-16(14)28(26,27)21(18(20)25)9-8-15(22)11-2-5-13(19)6-3-11/h2-7,10H,8-9H2,1H3,(H,23,24). The molecular weight excluding hydrogens is 391 g/mol. The smallest absolute Gasteiger partial charge is 0.338 e. The molecule has 0 saturated carbocycles. The van der Waals surface area contributed by atoms with E-state index in [1.54, 1.807) is 0 Å². The van der Waals surface area contributed by atoms with E-state index in [-0.39, 0.29) is 28.1 Å². The first-order valence-corrected chi connectivity index (χ1v) is 9.53. The summed E-state index contributed by atoms with van der Waals surface area (Å²) in [7, 11) is -2.99. The normalized spacial score (nSPS) is 15.3. The Bertz CT molecular complexity index is 1080. The Morgan fingerprint density at radius 2 is 1.68 bits per heavy atom. The van der Waals surface area contributed by atoms with Crippen molar-refractivity contribution in [3.63, 3.8) is 0 Å². The molecule has 2 aromatic rings. The van der Waals surface area contributed by atoms with Gasteiger partial charge in [-0.3, -0.25) is 9.69 Å².